The lowest BCUT2D eigenvalue weighted by molar-refractivity contribution is 0.0972. The molecule has 2 rings (SSSR count). The molecule has 1 saturated heterocycles. The molecule has 1 aliphatic heterocycles. The zero-order valence-electron chi connectivity index (χ0n) is 10.5. The highest BCUT2D eigenvalue weighted by Gasteiger charge is 2.28. The first-order valence-electron chi connectivity index (χ1n) is 6.48. The monoisotopic (exact) mass is 315 g/mol. The summed E-state index contributed by atoms with van der Waals surface area (Å²) < 4.78 is 13.7. The maximum Gasteiger partial charge on any atom is 0.124 e. The second-order valence-corrected chi connectivity index (χ2v) is 5.82. The Bertz CT molecular complexity index is 413. The van der Waals surface area contributed by atoms with Crippen LogP contribution in [-0.4, -0.2) is 17.7 Å². The van der Waals surface area contributed by atoms with E-state index in [9.17, 15) is 9.50 Å². The summed E-state index contributed by atoms with van der Waals surface area (Å²) in [7, 11) is 0. The highest BCUT2D eigenvalue weighted by molar-refractivity contribution is 9.10. The molecule has 3 unspecified atom stereocenters. The van der Waals surface area contributed by atoms with Gasteiger partial charge in [0.25, 0.3) is 0 Å². The van der Waals surface area contributed by atoms with Gasteiger partial charge in [-0.2, -0.15) is 0 Å². The Labute approximate surface area is 116 Å². The fourth-order valence-corrected chi connectivity index (χ4v) is 3.19. The van der Waals surface area contributed by atoms with Crippen molar-refractivity contribution in [1.29, 1.82) is 0 Å². The van der Waals surface area contributed by atoms with Crippen LogP contribution in [0, 0.1) is 11.7 Å². The van der Waals surface area contributed by atoms with Crippen LogP contribution in [0.2, 0.25) is 0 Å². The van der Waals surface area contributed by atoms with Gasteiger partial charge in [0.05, 0.1) is 6.10 Å². The molecule has 1 aliphatic rings. The molecule has 1 aromatic carbocycles. The Morgan fingerprint density at radius 2 is 2.33 bits per heavy atom. The van der Waals surface area contributed by atoms with Crippen molar-refractivity contribution in [2.24, 2.45) is 5.92 Å². The second kappa shape index (κ2) is 6.13. The van der Waals surface area contributed by atoms with Crippen LogP contribution in [0.25, 0.3) is 0 Å². The number of hydrogen-bond donors (Lipinski definition) is 2. The summed E-state index contributed by atoms with van der Waals surface area (Å²) in [6.45, 7) is 3.13. The van der Waals surface area contributed by atoms with Crippen LogP contribution in [-0.2, 0) is 0 Å². The fraction of sp³-hybridized carbons (Fsp3) is 0.571. The molecule has 1 fully saturated rings. The number of benzene rings is 1. The van der Waals surface area contributed by atoms with E-state index in [1.54, 1.807) is 6.07 Å². The molecule has 18 heavy (non-hydrogen) atoms. The van der Waals surface area contributed by atoms with E-state index in [0.717, 1.165) is 24.9 Å². The van der Waals surface area contributed by atoms with E-state index in [2.05, 4.69) is 28.2 Å². The van der Waals surface area contributed by atoms with Gasteiger partial charge in [0, 0.05) is 10.5 Å². The first-order chi connectivity index (χ1) is 8.61. The number of aliphatic hydroxyl groups excluding tert-OH is 1. The van der Waals surface area contributed by atoms with Gasteiger partial charge < -0.3 is 10.4 Å². The minimum absolute atomic E-state index is 0.0606. The number of nitrogens with one attached hydrogen (secondary N) is 1. The van der Waals surface area contributed by atoms with E-state index in [4.69, 9.17) is 0 Å². The highest BCUT2D eigenvalue weighted by atomic mass is 79.9. The standard InChI is InChI=1S/C14H19BrFNO/c1-2-9-5-6-17-13(7-9)14(18)11-4-3-10(16)8-12(11)15/h3-4,8-9,13-14,17-18H,2,5-7H2,1H3. The van der Waals surface area contributed by atoms with Crippen molar-refractivity contribution in [3.8, 4) is 0 Å². The number of piperidine rings is 1. The van der Waals surface area contributed by atoms with Crippen LogP contribution in [0.15, 0.2) is 22.7 Å². The summed E-state index contributed by atoms with van der Waals surface area (Å²) in [6, 6.07) is 4.51. The summed E-state index contributed by atoms with van der Waals surface area (Å²) in [5.41, 5.74) is 0.755. The smallest absolute Gasteiger partial charge is 0.124 e. The van der Waals surface area contributed by atoms with Crippen LogP contribution >= 0.6 is 15.9 Å². The molecule has 4 heteroatoms. The van der Waals surface area contributed by atoms with Crippen molar-refractivity contribution in [3.05, 3.63) is 34.1 Å². The first-order valence-corrected chi connectivity index (χ1v) is 7.27. The zero-order valence-corrected chi connectivity index (χ0v) is 12.1. The molecule has 0 radical (unpaired) electrons. The van der Waals surface area contributed by atoms with E-state index in [1.807, 2.05) is 0 Å². The molecule has 0 saturated carbocycles. The summed E-state index contributed by atoms with van der Waals surface area (Å²) in [5.74, 6) is 0.381. The van der Waals surface area contributed by atoms with Gasteiger partial charge in [-0.05, 0) is 43.0 Å². The van der Waals surface area contributed by atoms with Crippen molar-refractivity contribution in [2.45, 2.75) is 38.3 Å². The average molecular weight is 316 g/mol. The summed E-state index contributed by atoms with van der Waals surface area (Å²) in [5, 5.41) is 13.8. The Morgan fingerprint density at radius 3 is 3.00 bits per heavy atom. The molecule has 0 amide bonds. The Hall–Kier alpha value is -0.450. The van der Waals surface area contributed by atoms with Crippen LogP contribution in [0.5, 0.6) is 0 Å². The summed E-state index contributed by atoms with van der Waals surface area (Å²) in [6.07, 6.45) is 2.70. The van der Waals surface area contributed by atoms with Gasteiger partial charge in [-0.25, -0.2) is 4.39 Å². The van der Waals surface area contributed by atoms with Crippen LogP contribution < -0.4 is 5.32 Å². The van der Waals surface area contributed by atoms with E-state index < -0.39 is 6.10 Å². The lowest BCUT2D eigenvalue weighted by atomic mass is 9.86. The minimum Gasteiger partial charge on any atom is -0.387 e. The lowest BCUT2D eigenvalue weighted by Crippen LogP contribution is -2.42. The SMILES string of the molecule is CCC1CCNC(C(O)c2ccc(F)cc2Br)C1. The molecule has 0 aromatic heterocycles. The van der Waals surface area contributed by atoms with Gasteiger partial charge in [0.2, 0.25) is 0 Å². The van der Waals surface area contributed by atoms with Gasteiger partial charge in [-0.15, -0.1) is 0 Å². The fourth-order valence-electron chi connectivity index (χ4n) is 2.60. The molecule has 0 aliphatic carbocycles. The third kappa shape index (κ3) is 3.11. The van der Waals surface area contributed by atoms with Crippen LogP contribution in [0.4, 0.5) is 4.39 Å². The molecule has 100 valence electrons. The largest absolute Gasteiger partial charge is 0.387 e. The van der Waals surface area contributed by atoms with E-state index in [1.165, 1.54) is 18.6 Å². The molecule has 3 atom stereocenters. The molecule has 2 nitrogen and oxygen atoms in total. The normalized spacial score (nSPS) is 26.0. The third-order valence-corrected chi connectivity index (χ3v) is 4.47. The topological polar surface area (TPSA) is 32.3 Å². The number of rotatable bonds is 3. The summed E-state index contributed by atoms with van der Waals surface area (Å²) in [4.78, 5) is 0. The second-order valence-electron chi connectivity index (χ2n) is 4.97. The number of halogens is 2. The minimum atomic E-state index is -0.589. The average Bonchev–Trinajstić information content (AvgIpc) is 2.38. The number of hydrogen-bond acceptors (Lipinski definition) is 2. The molecule has 1 heterocycles. The van der Waals surface area contributed by atoms with E-state index in [-0.39, 0.29) is 11.9 Å². The zero-order chi connectivity index (χ0) is 13.1. The maximum atomic E-state index is 13.0. The first kappa shape index (κ1) is 14.0. The number of aliphatic hydroxyl groups is 1. The predicted octanol–water partition coefficient (Wildman–Crippen LogP) is 3.40. The molecule has 0 spiro atoms. The quantitative estimate of drug-likeness (QED) is 0.896. The molecular weight excluding hydrogens is 297 g/mol. The lowest BCUT2D eigenvalue weighted by Gasteiger charge is -2.33. The molecule has 2 N–H and O–H groups in total. The van der Waals surface area contributed by atoms with Crippen molar-refractivity contribution >= 4 is 15.9 Å². The summed E-state index contributed by atoms with van der Waals surface area (Å²) >= 11 is 3.32. The Balaban J connectivity index is 2.12. The molecule has 0 bridgehead atoms. The van der Waals surface area contributed by atoms with E-state index in [0.29, 0.717) is 10.4 Å². The van der Waals surface area contributed by atoms with Crippen molar-refractivity contribution < 1.29 is 9.50 Å². The Morgan fingerprint density at radius 1 is 1.56 bits per heavy atom. The van der Waals surface area contributed by atoms with Crippen molar-refractivity contribution in [2.75, 3.05) is 6.54 Å². The highest BCUT2D eigenvalue weighted by Crippen LogP contribution is 2.31. The van der Waals surface area contributed by atoms with E-state index >= 15 is 0 Å². The van der Waals surface area contributed by atoms with Crippen LogP contribution in [0.3, 0.4) is 0 Å². The Kier molecular flexibility index (Phi) is 4.76. The van der Waals surface area contributed by atoms with Gasteiger partial charge >= 0.3 is 0 Å². The van der Waals surface area contributed by atoms with Gasteiger partial charge in [0.1, 0.15) is 5.82 Å². The van der Waals surface area contributed by atoms with Gasteiger partial charge in [0.15, 0.2) is 0 Å². The molecular formula is C14H19BrFNO. The van der Waals surface area contributed by atoms with Crippen molar-refractivity contribution in [1.82, 2.24) is 5.32 Å². The van der Waals surface area contributed by atoms with Gasteiger partial charge in [-0.3, -0.25) is 0 Å². The predicted molar refractivity (Wildman–Crippen MR) is 73.9 cm³/mol. The van der Waals surface area contributed by atoms with Crippen molar-refractivity contribution in [3.63, 3.8) is 0 Å². The van der Waals surface area contributed by atoms with Gasteiger partial charge in [-0.1, -0.05) is 35.3 Å². The van der Waals surface area contributed by atoms with Crippen LogP contribution in [0.1, 0.15) is 37.9 Å². The third-order valence-electron chi connectivity index (χ3n) is 3.79. The maximum absolute atomic E-state index is 13.0. The molecule has 1 aromatic rings.